The average molecular weight is 575 g/mol. The van der Waals surface area contributed by atoms with Gasteiger partial charge in [0.2, 0.25) is 5.91 Å². The first-order valence-corrected chi connectivity index (χ1v) is 12.3. The number of benzene rings is 1. The van der Waals surface area contributed by atoms with Gasteiger partial charge in [-0.25, -0.2) is 19.6 Å². The van der Waals surface area contributed by atoms with Gasteiger partial charge >= 0.3 is 18.1 Å². The molecule has 4 N–H and O–H groups in total. The third kappa shape index (κ3) is 4.80. The van der Waals surface area contributed by atoms with E-state index < -0.39 is 42.4 Å². The molecule has 1 aromatic carbocycles. The summed E-state index contributed by atoms with van der Waals surface area (Å²) in [6.45, 7) is 0.840. The van der Waals surface area contributed by atoms with Gasteiger partial charge in [-0.1, -0.05) is 24.3 Å². The maximum Gasteiger partial charge on any atom is 0.453 e. The maximum absolute atomic E-state index is 13.6. The number of nitrogen functional groups attached to an aromatic ring is 1. The number of pyridine rings is 1. The number of fused-ring (bicyclic) bond motifs is 2. The van der Waals surface area contributed by atoms with Crippen LogP contribution in [0.25, 0.3) is 22.6 Å². The fraction of sp³-hybridized carbons (Fsp3) is 0.308. The first-order chi connectivity index (χ1) is 19.2. The molecule has 1 amide bonds. The Labute approximate surface area is 228 Å². The zero-order valence-electron chi connectivity index (χ0n) is 21.3. The average Bonchev–Trinajstić information content (AvgIpc) is 3.41. The molecule has 15 heteroatoms. The Morgan fingerprint density at radius 2 is 1.83 bits per heavy atom. The predicted octanol–water partition coefficient (Wildman–Crippen LogP) is 4.33. The minimum absolute atomic E-state index is 0.0311. The van der Waals surface area contributed by atoms with Gasteiger partial charge in [0.1, 0.15) is 22.7 Å². The highest BCUT2D eigenvalue weighted by Gasteiger charge is 2.57. The Hall–Kier alpha value is -4.69. The van der Waals surface area contributed by atoms with Gasteiger partial charge in [0.15, 0.2) is 11.5 Å². The number of hydrogen-bond acceptors (Lipinski definition) is 7. The number of nitrogens with one attached hydrogen (secondary N) is 1. The molecule has 4 heterocycles. The minimum Gasteiger partial charge on any atom is -0.481 e. The van der Waals surface area contributed by atoms with Crippen LogP contribution in [-0.2, 0) is 28.0 Å². The van der Waals surface area contributed by atoms with Crippen LogP contribution in [0.3, 0.4) is 0 Å². The normalized spacial score (nSPS) is 17.1. The number of carboxylic acids is 1. The monoisotopic (exact) mass is 575 g/mol. The summed E-state index contributed by atoms with van der Waals surface area (Å²) in [6.07, 6.45) is -5.67. The number of alkyl halides is 5. The van der Waals surface area contributed by atoms with Crippen LogP contribution in [0.4, 0.5) is 33.6 Å². The van der Waals surface area contributed by atoms with Gasteiger partial charge in [0, 0.05) is 25.6 Å². The summed E-state index contributed by atoms with van der Waals surface area (Å²) >= 11 is 0. The number of nitrogens with two attached hydrogens (primary N) is 1. The van der Waals surface area contributed by atoms with Crippen LogP contribution >= 0.6 is 0 Å². The van der Waals surface area contributed by atoms with Gasteiger partial charge in [0.05, 0.1) is 10.9 Å². The zero-order chi connectivity index (χ0) is 29.7. The van der Waals surface area contributed by atoms with Crippen molar-refractivity contribution in [3.8, 4) is 11.5 Å². The molecule has 1 aliphatic heterocycles. The van der Waals surface area contributed by atoms with Crippen molar-refractivity contribution in [1.82, 2.24) is 24.7 Å². The number of halogens is 5. The Balaban J connectivity index is 1.52. The van der Waals surface area contributed by atoms with E-state index in [0.717, 1.165) is 10.2 Å². The second-order valence-electron chi connectivity index (χ2n) is 9.72. The van der Waals surface area contributed by atoms with Crippen LogP contribution in [0.5, 0.6) is 0 Å². The van der Waals surface area contributed by atoms with E-state index >= 15 is 0 Å². The number of carboxylic acid groups (broad SMARTS) is 1. The fourth-order valence-electron chi connectivity index (χ4n) is 4.76. The van der Waals surface area contributed by atoms with Gasteiger partial charge in [-0.2, -0.15) is 27.1 Å². The Morgan fingerprint density at radius 1 is 1.12 bits per heavy atom. The summed E-state index contributed by atoms with van der Waals surface area (Å²) in [5.74, 6) is -6.39. The molecule has 10 nitrogen and oxygen atoms in total. The van der Waals surface area contributed by atoms with E-state index in [2.05, 4.69) is 25.4 Å². The quantitative estimate of drug-likeness (QED) is 0.263. The van der Waals surface area contributed by atoms with E-state index in [1.165, 1.54) is 18.3 Å². The molecule has 0 aliphatic carbocycles. The number of nitrogens with zero attached hydrogens (tertiary/aromatic N) is 5. The highest BCUT2D eigenvalue weighted by atomic mass is 19.4. The van der Waals surface area contributed by atoms with Crippen molar-refractivity contribution in [2.75, 3.05) is 11.1 Å². The van der Waals surface area contributed by atoms with E-state index in [0.29, 0.717) is 12.0 Å². The molecule has 214 valence electrons. The van der Waals surface area contributed by atoms with E-state index in [9.17, 15) is 31.5 Å². The van der Waals surface area contributed by atoms with E-state index in [1.807, 2.05) is 0 Å². The molecule has 0 bridgehead atoms. The number of rotatable bonds is 8. The fourth-order valence-corrected chi connectivity index (χ4v) is 4.76. The van der Waals surface area contributed by atoms with Gasteiger partial charge in [-0.3, -0.25) is 9.59 Å². The molecule has 1 atom stereocenters. The number of carbonyl (C=O) groups excluding carboxylic acids is 1. The second kappa shape index (κ2) is 9.74. The first kappa shape index (κ1) is 27.9. The van der Waals surface area contributed by atoms with Crippen LogP contribution < -0.4 is 11.1 Å². The summed E-state index contributed by atoms with van der Waals surface area (Å²) in [4.78, 5) is 36.9. The molecule has 0 saturated carbocycles. The number of aryl methyl sites for hydroxylation is 2. The van der Waals surface area contributed by atoms with Gasteiger partial charge < -0.3 is 16.2 Å². The van der Waals surface area contributed by atoms with Crippen LogP contribution in [0.15, 0.2) is 42.6 Å². The van der Waals surface area contributed by atoms with Crippen molar-refractivity contribution < 1.29 is 36.6 Å². The first-order valence-electron chi connectivity index (χ1n) is 12.3. The topological polar surface area (TPSA) is 149 Å². The number of aromatic nitrogens is 5. The molecule has 0 radical (unpaired) electrons. The molecule has 41 heavy (non-hydrogen) atoms. The smallest absolute Gasteiger partial charge is 0.453 e. The minimum atomic E-state index is -5.71. The zero-order valence-corrected chi connectivity index (χ0v) is 21.3. The summed E-state index contributed by atoms with van der Waals surface area (Å²) < 4.78 is 66.2. The van der Waals surface area contributed by atoms with E-state index in [4.69, 9.17) is 10.8 Å². The van der Waals surface area contributed by atoms with Crippen LogP contribution in [0, 0.1) is 0 Å². The van der Waals surface area contributed by atoms with Crippen molar-refractivity contribution >= 4 is 34.5 Å². The van der Waals surface area contributed by atoms with Crippen molar-refractivity contribution in [3.05, 3.63) is 59.3 Å². The van der Waals surface area contributed by atoms with Gasteiger partial charge in [0.25, 0.3) is 0 Å². The summed E-state index contributed by atoms with van der Waals surface area (Å²) in [5, 5.41) is 16.1. The summed E-state index contributed by atoms with van der Waals surface area (Å²) in [5.41, 5.74) is 6.71. The summed E-state index contributed by atoms with van der Waals surface area (Å²) in [6, 6.07) is 9.87. The Morgan fingerprint density at radius 3 is 2.49 bits per heavy atom. The molecular formula is C26H22F5N7O3. The lowest BCUT2D eigenvalue weighted by Gasteiger charge is -2.23. The SMILES string of the molecule is C[C@@]1(c2ccc(CCC(=O)O)cc2)C(=O)Nc2nc(-c3nn(CCC(F)(F)C(F)(F)F)c4ncccc34)nc(N)c21. The Kier molecular flexibility index (Phi) is 6.62. The van der Waals surface area contributed by atoms with Crippen molar-refractivity contribution in [1.29, 1.82) is 0 Å². The molecule has 0 fully saturated rings. The largest absolute Gasteiger partial charge is 0.481 e. The third-order valence-corrected chi connectivity index (χ3v) is 7.05. The lowest BCUT2D eigenvalue weighted by Crippen LogP contribution is -2.37. The van der Waals surface area contributed by atoms with Crippen LogP contribution in [-0.4, -0.2) is 53.8 Å². The molecule has 3 aromatic heterocycles. The van der Waals surface area contributed by atoms with Gasteiger partial charge in [-0.05, 0) is 36.6 Å². The van der Waals surface area contributed by atoms with Crippen molar-refractivity contribution in [2.45, 2.75) is 50.2 Å². The van der Waals surface area contributed by atoms with Crippen molar-refractivity contribution in [2.24, 2.45) is 0 Å². The predicted molar refractivity (Wildman–Crippen MR) is 136 cm³/mol. The second-order valence-corrected chi connectivity index (χ2v) is 9.72. The number of anilines is 2. The molecule has 0 unspecified atom stereocenters. The van der Waals surface area contributed by atoms with E-state index in [1.54, 1.807) is 31.2 Å². The number of hydrogen-bond donors (Lipinski definition) is 3. The summed E-state index contributed by atoms with van der Waals surface area (Å²) in [7, 11) is 0. The van der Waals surface area contributed by atoms with Crippen LogP contribution in [0.2, 0.25) is 0 Å². The number of carbonyl (C=O) groups is 2. The molecule has 1 aliphatic rings. The van der Waals surface area contributed by atoms with Crippen LogP contribution in [0.1, 0.15) is 36.5 Å². The number of amides is 1. The molecular weight excluding hydrogens is 553 g/mol. The molecule has 5 rings (SSSR count). The van der Waals surface area contributed by atoms with Gasteiger partial charge in [-0.15, -0.1) is 0 Å². The van der Waals surface area contributed by atoms with Crippen molar-refractivity contribution in [3.63, 3.8) is 0 Å². The molecule has 0 saturated heterocycles. The molecule has 0 spiro atoms. The Bertz CT molecular complexity index is 1670. The van der Waals surface area contributed by atoms with E-state index in [-0.39, 0.29) is 46.2 Å². The highest BCUT2D eigenvalue weighted by Crippen LogP contribution is 2.45. The highest BCUT2D eigenvalue weighted by molar-refractivity contribution is 6.09. The number of aliphatic carboxylic acids is 1. The standard InChI is InChI=1S/C26H22F5N7O3/c1-24(14-7-4-13(5-8-14)6-9-16(39)40)17-19(32)34-21(35-20(17)36-23(24)41)18-15-3-2-11-33-22(15)38(37-18)12-10-25(27,28)26(29,30)31/h2-5,7-8,11H,6,9-10,12H2,1H3,(H,39,40)(H3,32,34,35,36,41)/t24-/m0/s1. The maximum atomic E-state index is 13.6. The lowest BCUT2D eigenvalue weighted by molar-refractivity contribution is -0.285. The molecule has 4 aromatic rings. The third-order valence-electron chi connectivity index (χ3n) is 7.05. The lowest BCUT2D eigenvalue weighted by atomic mass is 9.77.